The number of nitrogens with one attached hydrogen (secondary N) is 1. The average molecular weight is 302 g/mol. The molecule has 1 aromatic rings. The minimum atomic E-state index is -0.433. The molecule has 1 fully saturated rings. The molecule has 1 N–H and O–H groups in total. The van der Waals surface area contributed by atoms with Crippen LogP contribution in [0.2, 0.25) is 0 Å². The fourth-order valence-corrected chi connectivity index (χ4v) is 2.24. The Morgan fingerprint density at radius 3 is 3.06 bits per heavy atom. The summed E-state index contributed by atoms with van der Waals surface area (Å²) in [7, 11) is 0. The second-order valence-electron chi connectivity index (χ2n) is 3.99. The van der Waals surface area contributed by atoms with Gasteiger partial charge in [-0.3, -0.25) is 4.79 Å². The molecule has 1 aliphatic heterocycles. The van der Waals surface area contributed by atoms with Gasteiger partial charge in [-0.1, -0.05) is 6.07 Å². The number of hydrogen-bond donors (Lipinski definition) is 1. The van der Waals surface area contributed by atoms with Gasteiger partial charge < -0.3 is 10.1 Å². The fraction of sp³-hybridized carbons (Fsp3) is 0.417. The van der Waals surface area contributed by atoms with Crippen LogP contribution in [0.25, 0.3) is 0 Å². The molecule has 1 atom stereocenters. The maximum Gasteiger partial charge on any atom is 0.252 e. The molecule has 1 saturated heterocycles. The first-order chi connectivity index (χ1) is 8.18. The third-order valence-electron chi connectivity index (χ3n) is 2.69. The predicted molar refractivity (Wildman–Crippen MR) is 65.4 cm³/mol. The molecular weight excluding hydrogens is 289 g/mol. The average Bonchev–Trinajstić information content (AvgIpc) is 2.34. The van der Waals surface area contributed by atoms with E-state index in [-0.39, 0.29) is 16.4 Å². The zero-order valence-electron chi connectivity index (χ0n) is 9.21. The highest BCUT2D eigenvalue weighted by Gasteiger charge is 2.19. The lowest BCUT2D eigenvalue weighted by atomic mass is 10.1. The molecule has 17 heavy (non-hydrogen) atoms. The number of carbonyl (C=O) groups is 1. The summed E-state index contributed by atoms with van der Waals surface area (Å²) in [6.45, 7) is 1.27. The van der Waals surface area contributed by atoms with Crippen molar-refractivity contribution in [3.8, 4) is 0 Å². The zero-order valence-corrected chi connectivity index (χ0v) is 10.8. The lowest BCUT2D eigenvalue weighted by Gasteiger charge is -2.23. The number of ether oxygens (including phenoxy) is 1. The first-order valence-electron chi connectivity index (χ1n) is 5.51. The molecule has 5 heteroatoms. The summed E-state index contributed by atoms with van der Waals surface area (Å²) in [4.78, 5) is 11.9. The van der Waals surface area contributed by atoms with Gasteiger partial charge in [-0.2, -0.15) is 0 Å². The Labute approximate surface area is 107 Å². The molecule has 0 aliphatic carbocycles. The third kappa shape index (κ3) is 3.04. The number of rotatable bonds is 2. The van der Waals surface area contributed by atoms with Gasteiger partial charge in [-0.25, -0.2) is 4.39 Å². The van der Waals surface area contributed by atoms with E-state index >= 15 is 0 Å². The smallest absolute Gasteiger partial charge is 0.252 e. The van der Waals surface area contributed by atoms with Crippen molar-refractivity contribution in [3.63, 3.8) is 0 Å². The van der Waals surface area contributed by atoms with Crippen molar-refractivity contribution < 1.29 is 13.9 Å². The van der Waals surface area contributed by atoms with Crippen LogP contribution in [0.5, 0.6) is 0 Å². The topological polar surface area (TPSA) is 38.3 Å². The molecule has 1 unspecified atom stereocenters. The van der Waals surface area contributed by atoms with Crippen LogP contribution in [0.4, 0.5) is 4.39 Å². The van der Waals surface area contributed by atoms with Crippen LogP contribution in [0.15, 0.2) is 22.7 Å². The summed E-state index contributed by atoms with van der Waals surface area (Å²) in [5, 5.41) is 2.84. The molecule has 0 saturated carbocycles. The number of benzene rings is 1. The Kier molecular flexibility index (Phi) is 4.12. The largest absolute Gasteiger partial charge is 0.379 e. The predicted octanol–water partition coefficient (Wildman–Crippen LogP) is 2.50. The summed E-state index contributed by atoms with van der Waals surface area (Å²) < 4.78 is 18.7. The SMILES string of the molecule is O=C(NC1CCCOC1)c1cccc(F)c1Br. The maximum atomic E-state index is 13.3. The van der Waals surface area contributed by atoms with Crippen LogP contribution in [0.3, 0.4) is 0 Å². The Morgan fingerprint density at radius 2 is 2.35 bits per heavy atom. The van der Waals surface area contributed by atoms with Crippen LogP contribution >= 0.6 is 15.9 Å². The molecule has 0 aromatic heterocycles. The molecule has 1 aromatic carbocycles. The molecular formula is C12H13BrFNO2. The quantitative estimate of drug-likeness (QED) is 0.911. The van der Waals surface area contributed by atoms with Gasteiger partial charge in [0.1, 0.15) is 5.82 Å². The van der Waals surface area contributed by atoms with Gasteiger partial charge >= 0.3 is 0 Å². The van der Waals surface area contributed by atoms with E-state index in [0.29, 0.717) is 12.2 Å². The van der Waals surface area contributed by atoms with Crippen LogP contribution < -0.4 is 5.32 Å². The van der Waals surface area contributed by atoms with Crippen LogP contribution in [0, 0.1) is 5.82 Å². The molecule has 92 valence electrons. The van der Waals surface area contributed by atoms with Gasteiger partial charge in [0.2, 0.25) is 0 Å². The Balaban J connectivity index is 2.06. The lowest BCUT2D eigenvalue weighted by Crippen LogP contribution is -2.40. The van der Waals surface area contributed by atoms with Crippen LogP contribution in [-0.4, -0.2) is 25.2 Å². The first kappa shape index (κ1) is 12.5. The molecule has 0 bridgehead atoms. The van der Waals surface area contributed by atoms with Gasteiger partial charge in [0, 0.05) is 6.61 Å². The highest BCUT2D eigenvalue weighted by molar-refractivity contribution is 9.10. The maximum absolute atomic E-state index is 13.3. The van der Waals surface area contributed by atoms with Gasteiger partial charge in [-0.15, -0.1) is 0 Å². The summed E-state index contributed by atoms with van der Waals surface area (Å²) in [6.07, 6.45) is 1.84. The first-order valence-corrected chi connectivity index (χ1v) is 6.30. The van der Waals surface area contributed by atoms with Crippen molar-refractivity contribution in [3.05, 3.63) is 34.1 Å². The van der Waals surface area contributed by atoms with E-state index in [4.69, 9.17) is 4.74 Å². The van der Waals surface area contributed by atoms with E-state index in [1.165, 1.54) is 12.1 Å². The summed E-state index contributed by atoms with van der Waals surface area (Å²) >= 11 is 3.08. The summed E-state index contributed by atoms with van der Waals surface area (Å²) in [5.74, 6) is -0.704. The molecule has 2 rings (SSSR count). The molecule has 1 aliphatic rings. The lowest BCUT2D eigenvalue weighted by molar-refractivity contribution is 0.0623. The number of carbonyl (C=O) groups excluding carboxylic acids is 1. The second-order valence-corrected chi connectivity index (χ2v) is 4.78. The van der Waals surface area contributed by atoms with Crippen molar-refractivity contribution in [2.45, 2.75) is 18.9 Å². The van der Waals surface area contributed by atoms with Gasteiger partial charge in [0.15, 0.2) is 0 Å². The van der Waals surface area contributed by atoms with Crippen LogP contribution in [-0.2, 0) is 4.74 Å². The van der Waals surface area contributed by atoms with Gasteiger partial charge in [-0.05, 0) is 40.9 Å². The van der Waals surface area contributed by atoms with Crippen molar-refractivity contribution in [2.24, 2.45) is 0 Å². The van der Waals surface area contributed by atoms with E-state index in [1.54, 1.807) is 6.07 Å². The third-order valence-corrected chi connectivity index (χ3v) is 3.50. The normalized spacial score (nSPS) is 20.0. The van der Waals surface area contributed by atoms with Gasteiger partial charge in [0.25, 0.3) is 5.91 Å². The van der Waals surface area contributed by atoms with Crippen molar-refractivity contribution in [2.75, 3.05) is 13.2 Å². The molecule has 1 heterocycles. The van der Waals surface area contributed by atoms with E-state index < -0.39 is 5.82 Å². The zero-order chi connectivity index (χ0) is 12.3. The highest BCUT2D eigenvalue weighted by Crippen LogP contribution is 2.20. The number of halogens is 2. The second kappa shape index (κ2) is 5.60. The fourth-order valence-electron chi connectivity index (χ4n) is 1.80. The molecule has 0 radical (unpaired) electrons. The minimum absolute atomic E-state index is 0.0198. The standard InChI is InChI=1S/C12H13BrFNO2/c13-11-9(4-1-5-10(11)14)12(16)15-8-3-2-6-17-7-8/h1,4-5,8H,2-3,6-7H2,(H,15,16). The van der Waals surface area contributed by atoms with Gasteiger partial charge in [0.05, 0.1) is 22.7 Å². The molecule has 3 nitrogen and oxygen atoms in total. The summed E-state index contributed by atoms with van der Waals surface area (Å²) in [5.41, 5.74) is 0.315. The Morgan fingerprint density at radius 1 is 1.53 bits per heavy atom. The Bertz CT molecular complexity index is 419. The minimum Gasteiger partial charge on any atom is -0.379 e. The highest BCUT2D eigenvalue weighted by atomic mass is 79.9. The molecule has 0 spiro atoms. The monoisotopic (exact) mass is 301 g/mol. The summed E-state index contributed by atoms with van der Waals surface area (Å²) in [6, 6.07) is 4.44. The van der Waals surface area contributed by atoms with E-state index in [0.717, 1.165) is 19.4 Å². The van der Waals surface area contributed by atoms with E-state index in [2.05, 4.69) is 21.2 Å². The Hall–Kier alpha value is -0.940. The molecule has 1 amide bonds. The number of hydrogen-bond acceptors (Lipinski definition) is 2. The van der Waals surface area contributed by atoms with Crippen molar-refractivity contribution in [1.82, 2.24) is 5.32 Å². The van der Waals surface area contributed by atoms with E-state index in [9.17, 15) is 9.18 Å². The number of amides is 1. The van der Waals surface area contributed by atoms with Crippen LogP contribution in [0.1, 0.15) is 23.2 Å². The van der Waals surface area contributed by atoms with E-state index in [1.807, 2.05) is 0 Å². The van der Waals surface area contributed by atoms with Crippen molar-refractivity contribution in [1.29, 1.82) is 0 Å². The van der Waals surface area contributed by atoms with Crippen molar-refractivity contribution >= 4 is 21.8 Å².